The highest BCUT2D eigenvalue weighted by Gasteiger charge is 2.13. The van der Waals surface area contributed by atoms with Crippen LogP contribution in [0.3, 0.4) is 0 Å². The van der Waals surface area contributed by atoms with E-state index in [4.69, 9.17) is 14.6 Å². The molecule has 0 aromatic heterocycles. The van der Waals surface area contributed by atoms with E-state index in [1.54, 1.807) is 18.2 Å². The van der Waals surface area contributed by atoms with Crippen LogP contribution in [0.1, 0.15) is 34.0 Å². The summed E-state index contributed by atoms with van der Waals surface area (Å²) < 4.78 is 12.5. The molecule has 0 fully saturated rings. The Morgan fingerprint density at radius 3 is 2.35 bits per heavy atom. The Balaban J connectivity index is 1.91. The quantitative estimate of drug-likeness (QED) is 0.309. The lowest BCUT2D eigenvalue weighted by molar-refractivity contribution is 0.0697. The summed E-state index contributed by atoms with van der Waals surface area (Å²) in [6.45, 7) is 2.75. The summed E-state index contributed by atoms with van der Waals surface area (Å²) in [5.74, 6) is 0.148. The first-order valence-corrected chi connectivity index (χ1v) is 10.4. The van der Waals surface area contributed by atoms with Crippen molar-refractivity contribution < 1.29 is 19.4 Å². The van der Waals surface area contributed by atoms with E-state index in [1.807, 2.05) is 49.4 Å². The number of carboxylic acid groups (broad SMARTS) is 1. The Morgan fingerprint density at radius 2 is 1.74 bits per heavy atom. The highest BCUT2D eigenvalue weighted by atomic mass is 79.9. The monoisotopic (exact) mass is 477 g/mol. The van der Waals surface area contributed by atoms with E-state index in [2.05, 4.69) is 22.0 Å². The third-order valence-corrected chi connectivity index (χ3v) is 5.02. The van der Waals surface area contributed by atoms with Crippen molar-refractivity contribution >= 4 is 33.5 Å². The van der Waals surface area contributed by atoms with E-state index >= 15 is 0 Å². The molecule has 0 unspecified atom stereocenters. The number of nitriles is 1. The lowest BCUT2D eigenvalue weighted by atomic mass is 10.0. The number of carbonyl (C=O) groups is 1. The molecule has 1 N–H and O–H groups in total. The number of hydrogen-bond acceptors (Lipinski definition) is 4. The molecule has 5 nitrogen and oxygen atoms in total. The van der Waals surface area contributed by atoms with E-state index in [1.165, 1.54) is 12.1 Å². The van der Waals surface area contributed by atoms with Gasteiger partial charge in [0.2, 0.25) is 0 Å². The maximum absolute atomic E-state index is 11.0. The lowest BCUT2D eigenvalue weighted by Crippen LogP contribution is -2.01. The van der Waals surface area contributed by atoms with Crippen molar-refractivity contribution in [2.45, 2.75) is 13.5 Å². The summed E-state index contributed by atoms with van der Waals surface area (Å²) in [6.07, 6.45) is 1.73. The number of nitrogens with zero attached hydrogens (tertiary/aromatic N) is 1. The smallest absolute Gasteiger partial charge is 0.335 e. The number of rotatable bonds is 8. The highest BCUT2D eigenvalue weighted by molar-refractivity contribution is 9.10. The fraction of sp³-hybridized carbons (Fsp3) is 0.120. The Morgan fingerprint density at radius 1 is 1.06 bits per heavy atom. The van der Waals surface area contributed by atoms with Crippen molar-refractivity contribution in [1.82, 2.24) is 0 Å². The average molecular weight is 478 g/mol. The van der Waals surface area contributed by atoms with Crippen LogP contribution >= 0.6 is 15.9 Å². The summed E-state index contributed by atoms with van der Waals surface area (Å²) in [7, 11) is 0. The molecule has 0 aliphatic heterocycles. The predicted octanol–water partition coefficient (Wildman–Crippen LogP) is 6.19. The molecule has 0 radical (unpaired) electrons. The summed E-state index contributed by atoms with van der Waals surface area (Å²) >= 11 is 3.55. The van der Waals surface area contributed by atoms with Gasteiger partial charge in [0.1, 0.15) is 6.61 Å². The molecule has 0 heterocycles. The van der Waals surface area contributed by atoms with Crippen LogP contribution < -0.4 is 9.47 Å². The number of benzene rings is 3. The first-order valence-electron chi connectivity index (χ1n) is 9.60. The van der Waals surface area contributed by atoms with E-state index in [-0.39, 0.29) is 5.56 Å². The molecule has 3 rings (SSSR count). The first kappa shape index (κ1) is 22.1. The van der Waals surface area contributed by atoms with Gasteiger partial charge in [-0.1, -0.05) is 42.5 Å². The molecule has 31 heavy (non-hydrogen) atoms. The van der Waals surface area contributed by atoms with Crippen LogP contribution in [0.15, 0.2) is 71.2 Å². The van der Waals surface area contributed by atoms with Crippen molar-refractivity contribution in [1.29, 1.82) is 5.26 Å². The van der Waals surface area contributed by atoms with Gasteiger partial charge in [-0.25, -0.2) is 4.79 Å². The van der Waals surface area contributed by atoms with E-state index in [0.29, 0.717) is 40.3 Å². The van der Waals surface area contributed by atoms with Gasteiger partial charge in [0.15, 0.2) is 11.5 Å². The molecule has 6 heteroatoms. The first-order chi connectivity index (χ1) is 15.0. The summed E-state index contributed by atoms with van der Waals surface area (Å²) in [6, 6.07) is 21.9. The molecule has 0 saturated carbocycles. The van der Waals surface area contributed by atoms with Crippen LogP contribution in [-0.4, -0.2) is 17.7 Å². The molecular weight excluding hydrogens is 458 g/mol. The van der Waals surface area contributed by atoms with E-state index in [9.17, 15) is 10.1 Å². The van der Waals surface area contributed by atoms with Crippen LogP contribution in [0.5, 0.6) is 11.5 Å². The van der Waals surface area contributed by atoms with Crippen LogP contribution in [0.4, 0.5) is 0 Å². The molecule has 0 aliphatic rings. The molecule has 156 valence electrons. The van der Waals surface area contributed by atoms with Gasteiger partial charge >= 0.3 is 5.97 Å². The van der Waals surface area contributed by atoms with Gasteiger partial charge in [-0.3, -0.25) is 0 Å². The molecule has 0 aliphatic carbocycles. The number of aromatic carboxylic acids is 1. The lowest BCUT2D eigenvalue weighted by Gasteiger charge is -2.15. The molecule has 0 atom stereocenters. The fourth-order valence-electron chi connectivity index (χ4n) is 2.94. The summed E-state index contributed by atoms with van der Waals surface area (Å²) in [5.41, 5.74) is 3.00. The number of carboxylic acids is 1. The van der Waals surface area contributed by atoms with Gasteiger partial charge in [0.25, 0.3) is 0 Å². The van der Waals surface area contributed by atoms with Gasteiger partial charge in [-0.2, -0.15) is 5.26 Å². The Kier molecular flexibility index (Phi) is 7.47. The van der Waals surface area contributed by atoms with Crippen molar-refractivity contribution in [3.8, 4) is 17.6 Å². The van der Waals surface area contributed by atoms with Crippen LogP contribution in [-0.2, 0) is 6.61 Å². The zero-order chi connectivity index (χ0) is 22.2. The minimum Gasteiger partial charge on any atom is -0.490 e. The van der Waals surface area contributed by atoms with Gasteiger partial charge in [0.05, 0.1) is 28.3 Å². The van der Waals surface area contributed by atoms with Crippen molar-refractivity contribution in [3.63, 3.8) is 0 Å². The van der Waals surface area contributed by atoms with Gasteiger partial charge in [0, 0.05) is 0 Å². The van der Waals surface area contributed by atoms with Gasteiger partial charge < -0.3 is 14.6 Å². The standard InChI is InChI=1S/C25H20BrNO4/c1-2-30-23-14-18(12-21(15-27)19-8-10-20(11-9-19)25(28)29)13-22(26)24(23)31-16-17-6-4-3-5-7-17/h3-14H,2,16H2,1H3,(H,28,29)/b21-12-. The number of halogens is 1. The second-order valence-corrected chi connectivity index (χ2v) is 7.44. The second-order valence-electron chi connectivity index (χ2n) is 6.59. The molecule has 0 saturated heterocycles. The molecule has 3 aromatic rings. The number of hydrogen-bond donors (Lipinski definition) is 1. The van der Waals surface area contributed by atoms with Crippen LogP contribution in [0, 0.1) is 11.3 Å². The fourth-order valence-corrected chi connectivity index (χ4v) is 3.52. The topological polar surface area (TPSA) is 79.5 Å². The van der Waals surface area contributed by atoms with Crippen molar-refractivity contribution in [2.24, 2.45) is 0 Å². The minimum absolute atomic E-state index is 0.169. The molecule has 0 bridgehead atoms. The number of ether oxygens (including phenoxy) is 2. The Labute approximate surface area is 189 Å². The Hall–Kier alpha value is -3.56. The highest BCUT2D eigenvalue weighted by Crippen LogP contribution is 2.38. The predicted molar refractivity (Wildman–Crippen MR) is 123 cm³/mol. The third kappa shape index (κ3) is 5.74. The Bertz CT molecular complexity index is 1130. The normalized spacial score (nSPS) is 10.9. The summed E-state index contributed by atoms with van der Waals surface area (Å²) in [5, 5.41) is 18.7. The maximum atomic E-state index is 11.0. The SMILES string of the molecule is CCOc1cc(/C=C(/C#N)c2ccc(C(=O)O)cc2)cc(Br)c1OCc1ccccc1. The summed E-state index contributed by atoms with van der Waals surface area (Å²) in [4.78, 5) is 11.0. The maximum Gasteiger partial charge on any atom is 0.335 e. The number of allylic oxidation sites excluding steroid dienone is 1. The second kappa shape index (κ2) is 10.5. The van der Waals surface area contributed by atoms with Gasteiger partial charge in [-0.05, 0) is 69.9 Å². The van der Waals surface area contributed by atoms with Crippen molar-refractivity contribution in [3.05, 3.63) is 93.5 Å². The van der Waals surface area contributed by atoms with E-state index in [0.717, 1.165) is 11.1 Å². The zero-order valence-corrected chi connectivity index (χ0v) is 18.4. The van der Waals surface area contributed by atoms with Crippen LogP contribution in [0.2, 0.25) is 0 Å². The molecule has 0 spiro atoms. The van der Waals surface area contributed by atoms with E-state index < -0.39 is 5.97 Å². The largest absolute Gasteiger partial charge is 0.490 e. The van der Waals surface area contributed by atoms with Crippen LogP contribution in [0.25, 0.3) is 11.6 Å². The average Bonchev–Trinajstić information content (AvgIpc) is 2.78. The van der Waals surface area contributed by atoms with Crippen molar-refractivity contribution in [2.75, 3.05) is 6.61 Å². The van der Waals surface area contributed by atoms with Gasteiger partial charge in [-0.15, -0.1) is 0 Å². The molecule has 0 amide bonds. The molecule has 3 aromatic carbocycles. The zero-order valence-electron chi connectivity index (χ0n) is 16.8. The minimum atomic E-state index is -1.01. The molecular formula is C25H20BrNO4. The third-order valence-electron chi connectivity index (χ3n) is 4.43.